The first-order valence-electron chi connectivity index (χ1n) is 9.70. The van der Waals surface area contributed by atoms with Crippen LogP contribution in [0.4, 0.5) is 0 Å². The van der Waals surface area contributed by atoms with Gasteiger partial charge in [-0.15, -0.1) is 11.3 Å². The Morgan fingerprint density at radius 3 is 2.73 bits per heavy atom. The van der Waals surface area contributed by atoms with Gasteiger partial charge in [-0.2, -0.15) is 0 Å². The molecule has 3 rings (SSSR count). The number of hydrogen-bond acceptors (Lipinski definition) is 8. The van der Waals surface area contributed by atoms with Gasteiger partial charge in [-0.05, 0) is 66.5 Å². The number of halogens is 1. The van der Waals surface area contributed by atoms with Crippen LogP contribution in [-0.2, 0) is 14.3 Å². The van der Waals surface area contributed by atoms with Crippen molar-refractivity contribution in [2.24, 2.45) is 0 Å². The van der Waals surface area contributed by atoms with Gasteiger partial charge in [0.05, 0.1) is 23.1 Å². The molecule has 0 atom stereocenters. The number of carbonyl (C=O) groups excluding carboxylic acids is 2. The van der Waals surface area contributed by atoms with Gasteiger partial charge in [-0.25, -0.2) is 9.59 Å². The number of thiophene rings is 1. The Kier molecular flexibility index (Phi) is 8.12. The highest BCUT2D eigenvalue weighted by Gasteiger charge is 2.26. The molecule has 0 saturated carbocycles. The molecule has 1 saturated heterocycles. The van der Waals surface area contributed by atoms with Crippen molar-refractivity contribution in [1.82, 2.24) is 5.32 Å². The zero-order chi connectivity index (χ0) is 21.5. The topological polar surface area (TPSA) is 83.1 Å². The predicted molar refractivity (Wildman–Crippen MR) is 117 cm³/mol. The second-order valence-electron chi connectivity index (χ2n) is 6.58. The average molecular weight is 498 g/mol. The maximum absolute atomic E-state index is 12.3. The maximum atomic E-state index is 12.3. The van der Waals surface area contributed by atoms with E-state index in [-0.39, 0.29) is 29.9 Å². The van der Waals surface area contributed by atoms with Gasteiger partial charge in [0.15, 0.2) is 17.2 Å². The van der Waals surface area contributed by atoms with Gasteiger partial charge in [0.1, 0.15) is 11.9 Å². The van der Waals surface area contributed by atoms with Crippen molar-refractivity contribution in [3.63, 3.8) is 0 Å². The minimum atomic E-state index is -0.534. The second kappa shape index (κ2) is 10.8. The van der Waals surface area contributed by atoms with Crippen LogP contribution in [-0.4, -0.2) is 51.5 Å². The Labute approximate surface area is 187 Å². The number of nitrogens with one attached hydrogen (secondary N) is 1. The molecule has 0 spiro atoms. The summed E-state index contributed by atoms with van der Waals surface area (Å²) >= 11 is 4.75. The molecule has 0 unspecified atom stereocenters. The Morgan fingerprint density at radius 2 is 2.03 bits per heavy atom. The van der Waals surface area contributed by atoms with Crippen molar-refractivity contribution >= 4 is 39.2 Å². The van der Waals surface area contributed by atoms with Gasteiger partial charge in [-0.3, -0.25) is 0 Å². The molecule has 162 valence electrons. The number of piperidine rings is 1. The van der Waals surface area contributed by atoms with Crippen LogP contribution in [0.3, 0.4) is 0 Å². The maximum Gasteiger partial charge on any atom is 0.351 e. The highest BCUT2D eigenvalue weighted by molar-refractivity contribution is 9.10. The Balaban J connectivity index is 1.86. The van der Waals surface area contributed by atoms with E-state index in [9.17, 15) is 9.59 Å². The first kappa shape index (κ1) is 22.6. The molecule has 2 heterocycles. The highest BCUT2D eigenvalue weighted by atomic mass is 79.9. The number of methoxy groups -OCH3 is 1. The average Bonchev–Trinajstić information content (AvgIpc) is 3.09. The molecule has 1 aliphatic heterocycles. The fourth-order valence-corrected chi connectivity index (χ4v) is 5.06. The van der Waals surface area contributed by atoms with Crippen LogP contribution in [0, 0.1) is 0 Å². The summed E-state index contributed by atoms with van der Waals surface area (Å²) in [6.45, 7) is 3.57. The van der Waals surface area contributed by atoms with Gasteiger partial charge in [-0.1, -0.05) is 12.1 Å². The molecular formula is C21H24BrNO6S. The summed E-state index contributed by atoms with van der Waals surface area (Å²) in [6.07, 6.45) is 2.11. The minimum absolute atomic E-state index is 0.183. The molecule has 0 radical (unpaired) electrons. The van der Waals surface area contributed by atoms with Crippen LogP contribution < -0.4 is 14.8 Å². The third-order valence-electron chi connectivity index (χ3n) is 4.50. The van der Waals surface area contributed by atoms with Crippen LogP contribution in [0.15, 0.2) is 28.7 Å². The standard InChI is InChI=1S/C21H24BrNO6S/c1-3-27-16(24)12-28-18-17(22)19(30-20(18)21(25)26-2)13-5-4-6-15(11-13)29-14-7-9-23-10-8-14/h4-6,11,14,23H,3,7-10,12H2,1-2H3. The molecule has 0 aliphatic carbocycles. The van der Waals surface area contributed by atoms with Crippen LogP contribution in [0.25, 0.3) is 10.4 Å². The highest BCUT2D eigenvalue weighted by Crippen LogP contribution is 2.46. The molecule has 0 bridgehead atoms. The zero-order valence-electron chi connectivity index (χ0n) is 16.9. The van der Waals surface area contributed by atoms with Crippen molar-refractivity contribution in [3.05, 3.63) is 33.6 Å². The van der Waals surface area contributed by atoms with E-state index in [0.29, 0.717) is 4.47 Å². The monoisotopic (exact) mass is 497 g/mol. The molecule has 1 N–H and O–H groups in total. The molecule has 1 aliphatic rings. The lowest BCUT2D eigenvalue weighted by Gasteiger charge is -2.24. The van der Waals surface area contributed by atoms with Gasteiger partial charge >= 0.3 is 11.9 Å². The third-order valence-corrected chi connectivity index (χ3v) is 6.72. The number of benzene rings is 1. The lowest BCUT2D eigenvalue weighted by Crippen LogP contribution is -2.34. The molecule has 1 aromatic heterocycles. The summed E-state index contributed by atoms with van der Waals surface area (Å²) in [5.41, 5.74) is 0.870. The summed E-state index contributed by atoms with van der Waals surface area (Å²) in [6, 6.07) is 7.71. The quantitative estimate of drug-likeness (QED) is 0.551. The van der Waals surface area contributed by atoms with Crippen LogP contribution in [0.2, 0.25) is 0 Å². The summed E-state index contributed by atoms with van der Waals surface area (Å²) in [4.78, 5) is 25.0. The van der Waals surface area contributed by atoms with E-state index in [1.807, 2.05) is 24.3 Å². The van der Waals surface area contributed by atoms with E-state index in [1.54, 1.807) is 6.92 Å². The lowest BCUT2D eigenvalue weighted by atomic mass is 10.1. The zero-order valence-corrected chi connectivity index (χ0v) is 19.3. The number of ether oxygens (including phenoxy) is 4. The molecule has 1 aromatic carbocycles. The fraction of sp³-hybridized carbons (Fsp3) is 0.429. The molecule has 30 heavy (non-hydrogen) atoms. The van der Waals surface area contributed by atoms with Gasteiger partial charge in [0, 0.05) is 0 Å². The number of hydrogen-bond donors (Lipinski definition) is 1. The molecule has 9 heteroatoms. The van der Waals surface area contributed by atoms with E-state index >= 15 is 0 Å². The Morgan fingerprint density at radius 1 is 1.27 bits per heavy atom. The summed E-state index contributed by atoms with van der Waals surface area (Å²) in [5, 5.41) is 3.32. The fourth-order valence-electron chi connectivity index (χ4n) is 3.09. The van der Waals surface area contributed by atoms with Gasteiger partial charge in [0.2, 0.25) is 0 Å². The van der Waals surface area contributed by atoms with Gasteiger partial charge in [0.25, 0.3) is 0 Å². The number of esters is 2. The molecule has 7 nitrogen and oxygen atoms in total. The number of rotatable bonds is 8. The summed E-state index contributed by atoms with van der Waals surface area (Å²) in [5.74, 6) is -0.00820. The van der Waals surface area contributed by atoms with Crippen molar-refractivity contribution in [2.75, 3.05) is 33.4 Å². The number of carbonyl (C=O) groups is 2. The van der Waals surface area contributed by atoms with E-state index in [2.05, 4.69) is 21.2 Å². The lowest BCUT2D eigenvalue weighted by molar-refractivity contribution is -0.145. The van der Waals surface area contributed by atoms with Crippen molar-refractivity contribution < 1.29 is 28.5 Å². The van der Waals surface area contributed by atoms with Crippen molar-refractivity contribution in [2.45, 2.75) is 25.9 Å². The largest absolute Gasteiger partial charge is 0.490 e. The first-order chi connectivity index (χ1) is 14.5. The van der Waals surface area contributed by atoms with Crippen molar-refractivity contribution in [1.29, 1.82) is 0 Å². The first-order valence-corrected chi connectivity index (χ1v) is 11.3. The molecule has 0 amide bonds. The van der Waals surface area contributed by atoms with Gasteiger partial charge < -0.3 is 24.3 Å². The van der Waals surface area contributed by atoms with Crippen LogP contribution >= 0.6 is 27.3 Å². The normalized spacial score (nSPS) is 14.2. The molecule has 2 aromatic rings. The smallest absolute Gasteiger partial charge is 0.351 e. The summed E-state index contributed by atoms with van der Waals surface area (Å²) < 4.78 is 22.1. The Hall–Kier alpha value is -2.10. The third kappa shape index (κ3) is 5.53. The Bertz CT molecular complexity index is 894. The second-order valence-corrected chi connectivity index (χ2v) is 8.40. The van der Waals surface area contributed by atoms with E-state index in [1.165, 1.54) is 18.4 Å². The minimum Gasteiger partial charge on any atom is -0.490 e. The summed E-state index contributed by atoms with van der Waals surface area (Å²) in [7, 11) is 1.30. The SMILES string of the molecule is CCOC(=O)COc1c(C(=O)OC)sc(-c2cccc(OC3CCNCC3)c2)c1Br. The van der Waals surface area contributed by atoms with Crippen LogP contribution in [0.5, 0.6) is 11.5 Å². The molecule has 1 fully saturated rings. The van der Waals surface area contributed by atoms with E-state index < -0.39 is 11.9 Å². The molecular weight excluding hydrogens is 474 g/mol. The van der Waals surface area contributed by atoms with E-state index in [4.69, 9.17) is 18.9 Å². The predicted octanol–water partition coefficient (Wildman–Crippen LogP) is 4.04. The van der Waals surface area contributed by atoms with Crippen LogP contribution in [0.1, 0.15) is 29.4 Å². The van der Waals surface area contributed by atoms with E-state index in [0.717, 1.165) is 42.1 Å². The van der Waals surface area contributed by atoms with Crippen molar-refractivity contribution in [3.8, 4) is 21.9 Å².